The van der Waals surface area contributed by atoms with Crippen molar-refractivity contribution in [2.45, 2.75) is 32.2 Å². The van der Waals surface area contributed by atoms with Gasteiger partial charge >= 0.3 is 5.97 Å². The molecular weight excluding hydrogens is 364 g/mol. The number of nitrogens with one attached hydrogen (secondary N) is 1. The van der Waals surface area contributed by atoms with Crippen molar-refractivity contribution in [1.82, 2.24) is 10.3 Å². The number of aromatic carboxylic acids is 1. The smallest absolute Gasteiger partial charge is 0.336 e. The predicted octanol–water partition coefficient (Wildman–Crippen LogP) is 4.70. The van der Waals surface area contributed by atoms with Gasteiger partial charge in [0.25, 0.3) is 0 Å². The quantitative estimate of drug-likeness (QED) is 0.640. The summed E-state index contributed by atoms with van der Waals surface area (Å²) < 4.78 is 6.09. The van der Waals surface area contributed by atoms with E-state index in [-0.39, 0.29) is 6.04 Å². The van der Waals surface area contributed by atoms with E-state index in [1.807, 2.05) is 37.3 Å². The van der Waals surface area contributed by atoms with Crippen molar-refractivity contribution in [3.05, 3.63) is 88.7 Å². The monoisotopic (exact) mass is 388 g/mol. The summed E-state index contributed by atoms with van der Waals surface area (Å²) in [6, 6.07) is 16.0. The van der Waals surface area contributed by atoms with Crippen LogP contribution in [-0.2, 0) is 12.8 Å². The Balaban J connectivity index is 1.50. The molecule has 5 heteroatoms. The van der Waals surface area contributed by atoms with E-state index in [4.69, 9.17) is 4.74 Å². The van der Waals surface area contributed by atoms with Crippen molar-refractivity contribution in [3.63, 3.8) is 0 Å². The van der Waals surface area contributed by atoms with Gasteiger partial charge in [-0.3, -0.25) is 4.98 Å². The van der Waals surface area contributed by atoms with Crippen LogP contribution in [0.4, 0.5) is 0 Å². The highest BCUT2D eigenvalue weighted by molar-refractivity contribution is 5.89. The summed E-state index contributed by atoms with van der Waals surface area (Å²) in [5, 5.41) is 12.9. The van der Waals surface area contributed by atoms with Crippen molar-refractivity contribution in [2.75, 3.05) is 6.54 Å². The minimum Gasteiger partial charge on any atom is -0.478 e. The lowest BCUT2D eigenvalue weighted by molar-refractivity contribution is 0.0695. The van der Waals surface area contributed by atoms with Crippen LogP contribution in [-0.4, -0.2) is 22.6 Å². The van der Waals surface area contributed by atoms with Crippen molar-refractivity contribution < 1.29 is 14.6 Å². The van der Waals surface area contributed by atoms with E-state index in [1.54, 1.807) is 12.3 Å². The summed E-state index contributed by atoms with van der Waals surface area (Å²) >= 11 is 0. The molecule has 3 aromatic rings. The topological polar surface area (TPSA) is 71.5 Å². The molecule has 0 fully saturated rings. The number of aryl methyl sites for hydroxylation is 2. The maximum Gasteiger partial charge on any atom is 0.336 e. The van der Waals surface area contributed by atoms with Gasteiger partial charge in [0.2, 0.25) is 0 Å². The summed E-state index contributed by atoms with van der Waals surface area (Å²) in [6.07, 6.45) is 5.61. The number of para-hydroxylation sites is 1. The molecular formula is C24H24N2O3. The molecule has 2 aromatic carbocycles. The average Bonchev–Trinajstić information content (AvgIpc) is 2.74. The van der Waals surface area contributed by atoms with E-state index in [0.29, 0.717) is 12.0 Å². The lowest BCUT2D eigenvalue weighted by Crippen LogP contribution is -2.30. The molecule has 0 radical (unpaired) electrons. The maximum absolute atomic E-state index is 11.4. The number of ether oxygens (including phenoxy) is 1. The Morgan fingerprint density at radius 3 is 2.93 bits per heavy atom. The molecule has 0 amide bonds. The standard InChI is InChI=1S/C24H24N2O3/c1-16-4-2-3-5-23(16)29-19-7-8-20-17(14-19)10-13-26-22(20)9-6-18-15-25-12-11-21(18)24(27)28/h2-5,7-8,11-12,14-15,22,26H,6,9-10,13H2,1H3,(H,27,28)/t22-/m0/s1. The van der Waals surface area contributed by atoms with Gasteiger partial charge in [0, 0.05) is 18.4 Å². The zero-order chi connectivity index (χ0) is 20.2. The van der Waals surface area contributed by atoms with Gasteiger partial charge in [0.1, 0.15) is 11.5 Å². The number of nitrogens with zero attached hydrogens (tertiary/aromatic N) is 1. The number of pyridine rings is 1. The third kappa shape index (κ3) is 4.30. The molecule has 2 heterocycles. The third-order valence-electron chi connectivity index (χ3n) is 5.43. The lowest BCUT2D eigenvalue weighted by atomic mass is 9.90. The van der Waals surface area contributed by atoms with E-state index < -0.39 is 5.97 Å². The second-order valence-electron chi connectivity index (χ2n) is 7.36. The molecule has 0 bridgehead atoms. The molecule has 1 aliphatic rings. The van der Waals surface area contributed by atoms with E-state index in [2.05, 4.69) is 22.4 Å². The summed E-state index contributed by atoms with van der Waals surface area (Å²) in [5.41, 5.74) is 4.75. The second-order valence-corrected chi connectivity index (χ2v) is 7.36. The first-order chi connectivity index (χ1) is 14.1. The highest BCUT2D eigenvalue weighted by Crippen LogP contribution is 2.32. The first-order valence-electron chi connectivity index (χ1n) is 9.87. The zero-order valence-electron chi connectivity index (χ0n) is 16.4. The van der Waals surface area contributed by atoms with Crippen LogP contribution >= 0.6 is 0 Å². The van der Waals surface area contributed by atoms with Gasteiger partial charge in [-0.1, -0.05) is 24.3 Å². The Hall–Kier alpha value is -3.18. The Bertz CT molecular complexity index is 1030. The number of benzene rings is 2. The molecule has 1 aromatic heterocycles. The Morgan fingerprint density at radius 2 is 2.10 bits per heavy atom. The Labute approximate surface area is 170 Å². The molecule has 4 rings (SSSR count). The van der Waals surface area contributed by atoms with Crippen molar-refractivity contribution in [3.8, 4) is 11.5 Å². The summed E-state index contributed by atoms with van der Waals surface area (Å²) in [6.45, 7) is 2.93. The lowest BCUT2D eigenvalue weighted by Gasteiger charge is -2.27. The number of carboxylic acid groups (broad SMARTS) is 1. The SMILES string of the molecule is Cc1ccccc1Oc1ccc2c(c1)CCN[C@H]2CCc1cnccc1C(=O)O. The summed E-state index contributed by atoms with van der Waals surface area (Å²) in [7, 11) is 0. The Morgan fingerprint density at radius 1 is 1.24 bits per heavy atom. The van der Waals surface area contributed by atoms with Crippen LogP contribution in [0.3, 0.4) is 0 Å². The first-order valence-corrected chi connectivity index (χ1v) is 9.87. The molecule has 5 nitrogen and oxygen atoms in total. The van der Waals surface area contributed by atoms with Crippen molar-refractivity contribution >= 4 is 5.97 Å². The molecule has 0 saturated heterocycles. The molecule has 0 spiro atoms. The third-order valence-corrected chi connectivity index (χ3v) is 5.43. The fourth-order valence-electron chi connectivity index (χ4n) is 3.88. The molecule has 2 N–H and O–H groups in total. The Kier molecular flexibility index (Phi) is 5.58. The largest absolute Gasteiger partial charge is 0.478 e. The number of hydrogen-bond donors (Lipinski definition) is 2. The van der Waals surface area contributed by atoms with E-state index in [1.165, 1.54) is 17.3 Å². The molecule has 0 aliphatic carbocycles. The van der Waals surface area contributed by atoms with Crippen LogP contribution in [0.25, 0.3) is 0 Å². The minimum absolute atomic E-state index is 0.188. The molecule has 1 atom stereocenters. The second kappa shape index (κ2) is 8.45. The van der Waals surface area contributed by atoms with Crippen LogP contribution in [0.5, 0.6) is 11.5 Å². The van der Waals surface area contributed by atoms with Gasteiger partial charge in [-0.15, -0.1) is 0 Å². The highest BCUT2D eigenvalue weighted by atomic mass is 16.5. The summed E-state index contributed by atoms with van der Waals surface area (Å²) in [4.78, 5) is 15.5. The van der Waals surface area contributed by atoms with Crippen molar-refractivity contribution in [2.24, 2.45) is 0 Å². The van der Waals surface area contributed by atoms with Crippen LogP contribution in [0.15, 0.2) is 60.9 Å². The number of fused-ring (bicyclic) bond motifs is 1. The van der Waals surface area contributed by atoms with Gasteiger partial charge in [-0.05, 0) is 79.3 Å². The van der Waals surface area contributed by atoms with Crippen LogP contribution in [0, 0.1) is 6.92 Å². The molecule has 0 saturated carbocycles. The molecule has 1 aliphatic heterocycles. The van der Waals surface area contributed by atoms with Crippen LogP contribution in [0.2, 0.25) is 0 Å². The molecule has 0 unspecified atom stereocenters. The number of rotatable bonds is 6. The fraction of sp³-hybridized carbons (Fsp3) is 0.250. The fourth-order valence-corrected chi connectivity index (χ4v) is 3.88. The molecule has 148 valence electrons. The van der Waals surface area contributed by atoms with Crippen LogP contribution in [0.1, 0.15) is 45.1 Å². The number of carboxylic acids is 1. The predicted molar refractivity (Wildman–Crippen MR) is 112 cm³/mol. The van der Waals surface area contributed by atoms with E-state index in [9.17, 15) is 9.90 Å². The minimum atomic E-state index is -0.905. The first kappa shape index (κ1) is 19.2. The highest BCUT2D eigenvalue weighted by Gasteiger charge is 2.21. The van der Waals surface area contributed by atoms with Crippen molar-refractivity contribution in [1.29, 1.82) is 0 Å². The average molecular weight is 388 g/mol. The normalized spacial score (nSPS) is 15.6. The maximum atomic E-state index is 11.4. The number of hydrogen-bond acceptors (Lipinski definition) is 4. The number of aromatic nitrogens is 1. The molecule has 29 heavy (non-hydrogen) atoms. The van der Waals surface area contributed by atoms with Gasteiger partial charge in [-0.2, -0.15) is 0 Å². The van der Waals surface area contributed by atoms with E-state index >= 15 is 0 Å². The van der Waals surface area contributed by atoms with Crippen LogP contribution < -0.4 is 10.1 Å². The van der Waals surface area contributed by atoms with Gasteiger partial charge < -0.3 is 15.2 Å². The van der Waals surface area contributed by atoms with Gasteiger partial charge in [0.05, 0.1) is 5.56 Å². The van der Waals surface area contributed by atoms with E-state index in [0.717, 1.165) is 42.0 Å². The number of carbonyl (C=O) groups is 1. The van der Waals surface area contributed by atoms with Gasteiger partial charge in [0.15, 0.2) is 0 Å². The van der Waals surface area contributed by atoms with Gasteiger partial charge in [-0.25, -0.2) is 4.79 Å². The zero-order valence-corrected chi connectivity index (χ0v) is 16.4. The summed E-state index contributed by atoms with van der Waals surface area (Å²) in [5.74, 6) is 0.812.